The van der Waals surface area contributed by atoms with Gasteiger partial charge in [0.15, 0.2) is 0 Å². The number of hydrogen-bond acceptors (Lipinski definition) is 6. The Morgan fingerprint density at radius 2 is 1.64 bits per heavy atom. The van der Waals surface area contributed by atoms with E-state index in [9.17, 15) is 9.59 Å². The first-order valence-electron chi connectivity index (χ1n) is 15.4. The average molecular weight is 613 g/mol. The highest BCUT2D eigenvalue weighted by atomic mass is 32.1. The lowest BCUT2D eigenvalue weighted by atomic mass is 10.0. The van der Waals surface area contributed by atoms with Crippen molar-refractivity contribution in [1.82, 2.24) is 10.3 Å². The Kier molecular flexibility index (Phi) is 12.1. The van der Waals surface area contributed by atoms with Crippen LogP contribution in [0.3, 0.4) is 0 Å². The van der Waals surface area contributed by atoms with Crippen LogP contribution in [0.15, 0.2) is 78.2 Å². The maximum absolute atomic E-state index is 12.3. The molecule has 0 spiro atoms. The lowest BCUT2D eigenvalue weighted by molar-refractivity contribution is -0.135. The van der Waals surface area contributed by atoms with Crippen molar-refractivity contribution in [3.8, 4) is 11.3 Å². The van der Waals surface area contributed by atoms with Crippen molar-refractivity contribution in [3.05, 3.63) is 99.9 Å². The number of para-hydroxylation sites is 1. The van der Waals surface area contributed by atoms with Crippen molar-refractivity contribution in [2.45, 2.75) is 59.4 Å². The van der Waals surface area contributed by atoms with Crippen molar-refractivity contribution >= 4 is 34.6 Å². The van der Waals surface area contributed by atoms with E-state index in [1.165, 1.54) is 29.7 Å². The molecule has 232 valence electrons. The molecule has 0 aliphatic heterocycles. The molecule has 0 saturated heterocycles. The van der Waals surface area contributed by atoms with Gasteiger partial charge in [0.25, 0.3) is 0 Å². The second-order valence-electron chi connectivity index (χ2n) is 11.5. The largest absolute Gasteiger partial charge is 0.480 e. The molecule has 7 nitrogen and oxygen atoms in total. The molecule has 0 unspecified atom stereocenters. The van der Waals surface area contributed by atoms with Crippen LogP contribution in [0.1, 0.15) is 68.2 Å². The highest BCUT2D eigenvalue weighted by Gasteiger charge is 2.15. The van der Waals surface area contributed by atoms with Crippen LogP contribution in [0.25, 0.3) is 11.3 Å². The van der Waals surface area contributed by atoms with Gasteiger partial charge in [-0.05, 0) is 46.7 Å². The highest BCUT2D eigenvalue weighted by Crippen LogP contribution is 2.28. The smallest absolute Gasteiger partial charge is 0.317 e. The van der Waals surface area contributed by atoms with Gasteiger partial charge in [-0.1, -0.05) is 95.1 Å². The minimum Gasteiger partial charge on any atom is -0.480 e. The number of carbonyl (C=O) groups is 2. The van der Waals surface area contributed by atoms with Gasteiger partial charge in [-0.2, -0.15) is 0 Å². The summed E-state index contributed by atoms with van der Waals surface area (Å²) in [6, 6.07) is 25.4. The summed E-state index contributed by atoms with van der Waals surface area (Å²) in [4.78, 5) is 30.4. The normalized spacial score (nSPS) is 11.2. The Labute approximate surface area is 265 Å². The standard InChI is InChI=1S/C36H44N4O3S/c1-5-26(6-2)22-40(31-17-15-28(16-18-31)25(3)4)23-27-11-13-29(14-12-27)33-24-44-35(39-33)19-30-9-7-8-10-32(30)38-34(41)20-37-21-36(42)43/h7-18,24-26,37H,5-6,19-23H2,1-4H3,(H,38,41)(H,42,43). The van der Waals surface area contributed by atoms with Crippen LogP contribution in [0.2, 0.25) is 0 Å². The Hall–Kier alpha value is -4.01. The van der Waals surface area contributed by atoms with E-state index in [4.69, 9.17) is 10.1 Å². The van der Waals surface area contributed by atoms with Gasteiger partial charge in [0.05, 0.1) is 23.8 Å². The second kappa shape index (κ2) is 16.2. The first-order valence-corrected chi connectivity index (χ1v) is 16.3. The zero-order chi connectivity index (χ0) is 31.5. The van der Waals surface area contributed by atoms with E-state index < -0.39 is 5.97 Å². The molecular weight excluding hydrogens is 568 g/mol. The number of thiazole rings is 1. The number of benzene rings is 3. The zero-order valence-electron chi connectivity index (χ0n) is 26.2. The minimum atomic E-state index is -1.00. The molecule has 0 fully saturated rings. The van der Waals surface area contributed by atoms with Crippen LogP contribution in [0.4, 0.5) is 11.4 Å². The maximum Gasteiger partial charge on any atom is 0.317 e. The Balaban J connectivity index is 1.43. The van der Waals surface area contributed by atoms with Gasteiger partial charge < -0.3 is 15.3 Å². The number of nitrogens with zero attached hydrogens (tertiary/aromatic N) is 2. The molecular formula is C36H44N4O3S. The molecule has 3 aromatic carbocycles. The Morgan fingerprint density at radius 3 is 2.30 bits per heavy atom. The molecule has 8 heteroatoms. The number of aromatic nitrogens is 1. The molecule has 0 atom stereocenters. The number of nitrogens with one attached hydrogen (secondary N) is 2. The summed E-state index contributed by atoms with van der Waals surface area (Å²) in [5, 5.41) is 17.3. The molecule has 4 aromatic rings. The number of carbonyl (C=O) groups excluding carboxylic acids is 1. The van der Waals surface area contributed by atoms with Crippen LogP contribution in [0, 0.1) is 5.92 Å². The average Bonchev–Trinajstić information content (AvgIpc) is 3.49. The summed E-state index contributed by atoms with van der Waals surface area (Å²) >= 11 is 1.60. The van der Waals surface area contributed by atoms with Crippen LogP contribution < -0.4 is 15.5 Å². The minimum absolute atomic E-state index is 0.0714. The third-order valence-corrected chi connectivity index (χ3v) is 8.78. The van der Waals surface area contributed by atoms with E-state index in [2.05, 4.69) is 97.1 Å². The lowest BCUT2D eigenvalue weighted by Gasteiger charge is -2.29. The molecule has 0 saturated carbocycles. The third-order valence-electron chi connectivity index (χ3n) is 7.93. The molecule has 0 aliphatic rings. The predicted molar refractivity (Wildman–Crippen MR) is 182 cm³/mol. The number of hydrogen-bond donors (Lipinski definition) is 3. The Bertz CT molecular complexity index is 1490. The van der Waals surface area contributed by atoms with E-state index in [1.54, 1.807) is 11.3 Å². The lowest BCUT2D eigenvalue weighted by Crippen LogP contribution is -2.32. The van der Waals surface area contributed by atoms with Gasteiger partial charge in [0.1, 0.15) is 0 Å². The second-order valence-corrected chi connectivity index (χ2v) is 12.5. The van der Waals surface area contributed by atoms with E-state index in [0.29, 0.717) is 23.9 Å². The highest BCUT2D eigenvalue weighted by molar-refractivity contribution is 7.10. The number of carboxylic acids is 1. The summed E-state index contributed by atoms with van der Waals surface area (Å²) in [5.41, 5.74) is 7.57. The van der Waals surface area contributed by atoms with Gasteiger partial charge in [0, 0.05) is 41.8 Å². The SMILES string of the molecule is CCC(CC)CN(Cc1ccc(-c2csc(Cc3ccccc3NC(=O)CNCC(=O)O)n2)cc1)c1ccc(C(C)C)cc1. The van der Waals surface area contributed by atoms with Gasteiger partial charge in [-0.25, -0.2) is 4.98 Å². The summed E-state index contributed by atoms with van der Waals surface area (Å²) < 4.78 is 0. The van der Waals surface area contributed by atoms with E-state index in [0.717, 1.165) is 34.9 Å². The Morgan fingerprint density at radius 1 is 0.932 bits per heavy atom. The molecule has 0 bridgehead atoms. The molecule has 1 aromatic heterocycles. The van der Waals surface area contributed by atoms with Crippen molar-refractivity contribution < 1.29 is 14.7 Å². The quantitative estimate of drug-likeness (QED) is 0.121. The van der Waals surface area contributed by atoms with E-state index in [1.807, 2.05) is 24.3 Å². The third kappa shape index (κ3) is 9.49. The van der Waals surface area contributed by atoms with Gasteiger partial charge in [0.2, 0.25) is 5.91 Å². The first kappa shape index (κ1) is 32.9. The van der Waals surface area contributed by atoms with E-state index in [-0.39, 0.29) is 19.0 Å². The summed E-state index contributed by atoms with van der Waals surface area (Å²) in [6.07, 6.45) is 2.92. The molecule has 0 aliphatic carbocycles. The van der Waals surface area contributed by atoms with Gasteiger partial charge >= 0.3 is 5.97 Å². The van der Waals surface area contributed by atoms with Crippen LogP contribution in [-0.4, -0.2) is 41.6 Å². The topological polar surface area (TPSA) is 94.6 Å². The monoisotopic (exact) mass is 612 g/mol. The van der Waals surface area contributed by atoms with Crippen LogP contribution in [-0.2, 0) is 22.6 Å². The number of anilines is 2. The molecule has 44 heavy (non-hydrogen) atoms. The molecule has 4 rings (SSSR count). The van der Waals surface area contributed by atoms with Crippen molar-refractivity contribution in [2.24, 2.45) is 5.92 Å². The fourth-order valence-electron chi connectivity index (χ4n) is 5.15. The molecule has 0 radical (unpaired) electrons. The van der Waals surface area contributed by atoms with Crippen LogP contribution >= 0.6 is 11.3 Å². The van der Waals surface area contributed by atoms with Crippen molar-refractivity contribution in [3.63, 3.8) is 0 Å². The number of rotatable bonds is 16. The fraction of sp³-hybridized carbons (Fsp3) is 0.361. The summed E-state index contributed by atoms with van der Waals surface area (Å²) in [6.45, 7) is 10.6. The van der Waals surface area contributed by atoms with E-state index >= 15 is 0 Å². The maximum atomic E-state index is 12.3. The van der Waals surface area contributed by atoms with Crippen LogP contribution in [0.5, 0.6) is 0 Å². The van der Waals surface area contributed by atoms with Crippen molar-refractivity contribution in [2.75, 3.05) is 29.9 Å². The summed E-state index contributed by atoms with van der Waals surface area (Å²) in [5.74, 6) is -0.117. The molecule has 1 heterocycles. The molecule has 1 amide bonds. The number of aliphatic carboxylic acids is 1. The predicted octanol–water partition coefficient (Wildman–Crippen LogP) is 7.58. The van der Waals surface area contributed by atoms with Gasteiger partial charge in [-0.15, -0.1) is 11.3 Å². The first-order chi connectivity index (χ1) is 21.2. The van der Waals surface area contributed by atoms with Gasteiger partial charge in [-0.3, -0.25) is 14.9 Å². The zero-order valence-corrected chi connectivity index (χ0v) is 27.0. The number of amides is 1. The molecule has 3 N–H and O–H groups in total. The fourth-order valence-corrected chi connectivity index (χ4v) is 5.98. The summed E-state index contributed by atoms with van der Waals surface area (Å²) in [7, 11) is 0. The number of carboxylic acid groups (broad SMARTS) is 1. The van der Waals surface area contributed by atoms with Crippen molar-refractivity contribution in [1.29, 1.82) is 0 Å².